The van der Waals surface area contributed by atoms with Gasteiger partial charge in [-0.15, -0.1) is 0 Å². The largest absolute Gasteiger partial charge is 0.473 e. The van der Waals surface area contributed by atoms with Crippen molar-refractivity contribution in [2.45, 2.75) is 57.1 Å². The minimum absolute atomic E-state index is 0.0296. The maximum atomic E-state index is 14.3. The molecule has 3 atom stereocenters. The van der Waals surface area contributed by atoms with Gasteiger partial charge in [0.05, 0.1) is 54.5 Å². The molecule has 0 bridgehead atoms. The molecule has 3 aliphatic rings. The first-order valence-electron chi connectivity index (χ1n) is 15.0. The van der Waals surface area contributed by atoms with Crippen molar-refractivity contribution in [3.05, 3.63) is 82.9 Å². The van der Waals surface area contributed by atoms with Crippen LogP contribution >= 0.6 is 0 Å². The number of anilines is 1. The molecule has 0 radical (unpaired) electrons. The predicted molar refractivity (Wildman–Crippen MR) is 160 cm³/mol. The summed E-state index contributed by atoms with van der Waals surface area (Å²) in [4.78, 5) is 26.9. The van der Waals surface area contributed by atoms with Crippen LogP contribution in [0.15, 0.2) is 54.6 Å². The quantitative estimate of drug-likeness (QED) is 0.259. The number of hydrogen-bond donors (Lipinski definition) is 0. The Balaban J connectivity index is 1.06. The van der Waals surface area contributed by atoms with E-state index in [9.17, 15) is 9.18 Å². The van der Waals surface area contributed by atoms with E-state index in [2.05, 4.69) is 14.4 Å². The molecule has 1 aliphatic carbocycles. The standard InChI is InChI=1S/C33H33FN6O4/c1-42-33(41)22-7-8-26-29(16-22)40(18-24-11-14-43-24)31(36-26)19-38-12-13-39(28-10-9-27(28)38)30-3-2-4-32(37-30)44-20-23-6-5-21(17-35)15-25(23)34/h2-8,15-16,24,27-28H,9-14,18-20H2,1H3/t24-,27+,28-/m0/s1. The minimum Gasteiger partial charge on any atom is -0.473 e. The van der Waals surface area contributed by atoms with Gasteiger partial charge in [0.2, 0.25) is 5.88 Å². The Morgan fingerprint density at radius 3 is 2.68 bits per heavy atom. The van der Waals surface area contributed by atoms with Gasteiger partial charge in [-0.25, -0.2) is 14.2 Å². The zero-order chi connectivity index (χ0) is 30.2. The van der Waals surface area contributed by atoms with Gasteiger partial charge in [-0.05, 0) is 55.7 Å². The second kappa shape index (κ2) is 11.9. The molecule has 226 valence electrons. The van der Waals surface area contributed by atoms with Crippen molar-refractivity contribution in [2.24, 2.45) is 0 Å². The minimum atomic E-state index is -0.466. The van der Waals surface area contributed by atoms with Gasteiger partial charge in [0, 0.05) is 43.4 Å². The lowest BCUT2D eigenvalue weighted by Gasteiger charge is -2.54. The van der Waals surface area contributed by atoms with Crippen molar-refractivity contribution in [2.75, 3.05) is 31.7 Å². The van der Waals surface area contributed by atoms with E-state index in [0.717, 1.165) is 61.6 Å². The van der Waals surface area contributed by atoms with Crippen molar-refractivity contribution in [1.29, 1.82) is 5.26 Å². The Morgan fingerprint density at radius 1 is 1.09 bits per heavy atom. The predicted octanol–water partition coefficient (Wildman–Crippen LogP) is 4.45. The monoisotopic (exact) mass is 596 g/mol. The molecule has 2 aliphatic heterocycles. The second-order valence-corrected chi connectivity index (χ2v) is 11.5. The topological polar surface area (TPSA) is 106 Å². The van der Waals surface area contributed by atoms with E-state index in [0.29, 0.717) is 42.2 Å². The van der Waals surface area contributed by atoms with Crippen LogP contribution in [0.25, 0.3) is 11.0 Å². The number of aromatic nitrogens is 3. The number of fused-ring (bicyclic) bond motifs is 2. The SMILES string of the molecule is COC(=O)c1ccc2nc(CN3CCN(c4cccc(OCc5ccc(C#N)cc5F)n4)[C@H]4CC[C@H]43)n(C[C@@H]3CCO3)c2c1. The lowest BCUT2D eigenvalue weighted by Crippen LogP contribution is -2.64. The number of methoxy groups -OCH3 is 1. The van der Waals surface area contributed by atoms with E-state index < -0.39 is 5.82 Å². The van der Waals surface area contributed by atoms with E-state index in [1.54, 1.807) is 24.3 Å². The number of benzene rings is 2. The molecule has 1 saturated carbocycles. The maximum Gasteiger partial charge on any atom is 0.337 e. The van der Waals surface area contributed by atoms with E-state index in [-0.39, 0.29) is 24.2 Å². The van der Waals surface area contributed by atoms with Crippen LogP contribution in [-0.4, -0.2) is 70.4 Å². The van der Waals surface area contributed by atoms with Gasteiger partial charge in [-0.1, -0.05) is 12.1 Å². The highest BCUT2D eigenvalue weighted by molar-refractivity contribution is 5.93. The summed E-state index contributed by atoms with van der Waals surface area (Å²) in [7, 11) is 1.39. The van der Waals surface area contributed by atoms with Crippen LogP contribution in [0.3, 0.4) is 0 Å². The number of imidazole rings is 1. The summed E-state index contributed by atoms with van der Waals surface area (Å²) in [5, 5.41) is 8.98. The summed E-state index contributed by atoms with van der Waals surface area (Å²) < 4.78 is 33.1. The Kier molecular flexibility index (Phi) is 7.62. The maximum absolute atomic E-state index is 14.3. The average Bonchev–Trinajstić information content (AvgIpc) is 3.34. The number of nitrogens with zero attached hydrogens (tertiary/aromatic N) is 6. The summed E-state index contributed by atoms with van der Waals surface area (Å²) in [6, 6.07) is 18.2. The summed E-state index contributed by atoms with van der Waals surface area (Å²) in [6.45, 7) is 3.87. The lowest BCUT2D eigenvalue weighted by molar-refractivity contribution is -0.0594. The van der Waals surface area contributed by atoms with Gasteiger partial charge in [-0.3, -0.25) is 4.90 Å². The van der Waals surface area contributed by atoms with Crippen LogP contribution in [0.1, 0.15) is 46.6 Å². The molecule has 4 aromatic rings. The summed E-state index contributed by atoms with van der Waals surface area (Å²) >= 11 is 0. The van der Waals surface area contributed by atoms with Crippen molar-refractivity contribution < 1.29 is 23.4 Å². The Morgan fingerprint density at radius 2 is 1.95 bits per heavy atom. The zero-order valence-corrected chi connectivity index (χ0v) is 24.5. The molecule has 0 unspecified atom stereocenters. The van der Waals surface area contributed by atoms with Crippen molar-refractivity contribution in [3.8, 4) is 11.9 Å². The average molecular weight is 597 g/mol. The lowest BCUT2D eigenvalue weighted by atomic mass is 9.81. The molecule has 3 fully saturated rings. The number of hydrogen-bond acceptors (Lipinski definition) is 9. The molecule has 2 saturated heterocycles. The fourth-order valence-corrected chi connectivity index (χ4v) is 6.39. The van der Waals surface area contributed by atoms with Crippen molar-refractivity contribution in [3.63, 3.8) is 0 Å². The van der Waals surface area contributed by atoms with Gasteiger partial charge in [0.15, 0.2) is 0 Å². The van der Waals surface area contributed by atoms with Gasteiger partial charge in [-0.2, -0.15) is 10.2 Å². The summed E-state index contributed by atoms with van der Waals surface area (Å²) in [6.07, 6.45) is 3.32. The van der Waals surface area contributed by atoms with Crippen LogP contribution in [0.4, 0.5) is 10.2 Å². The molecular weight excluding hydrogens is 563 g/mol. The number of rotatable bonds is 9. The van der Waals surface area contributed by atoms with Crippen LogP contribution in [0.5, 0.6) is 5.88 Å². The number of esters is 1. The van der Waals surface area contributed by atoms with E-state index in [1.807, 2.05) is 30.3 Å². The normalized spacial score (nSPS) is 21.2. The summed E-state index contributed by atoms with van der Waals surface area (Å²) in [5.74, 6) is 1.43. The Hall–Kier alpha value is -4.53. The molecule has 0 N–H and O–H groups in total. The molecule has 4 heterocycles. The first kappa shape index (κ1) is 28.3. The van der Waals surface area contributed by atoms with Gasteiger partial charge in [0.1, 0.15) is 24.1 Å². The van der Waals surface area contributed by atoms with Gasteiger partial charge < -0.3 is 23.7 Å². The molecule has 0 amide bonds. The third-order valence-corrected chi connectivity index (χ3v) is 9.03. The van der Waals surface area contributed by atoms with Gasteiger partial charge in [0.25, 0.3) is 0 Å². The highest BCUT2D eigenvalue weighted by Gasteiger charge is 2.43. The molecule has 11 heteroatoms. The zero-order valence-electron chi connectivity index (χ0n) is 24.5. The number of halogens is 1. The molecule has 2 aromatic carbocycles. The molecule has 2 aromatic heterocycles. The number of nitriles is 1. The summed E-state index contributed by atoms with van der Waals surface area (Å²) in [5.41, 5.74) is 2.94. The number of carbonyl (C=O) groups excluding carboxylic acids is 1. The van der Waals surface area contributed by atoms with Crippen LogP contribution in [0.2, 0.25) is 0 Å². The third-order valence-electron chi connectivity index (χ3n) is 9.03. The molecule has 0 spiro atoms. The number of piperazine rings is 1. The number of carbonyl (C=O) groups is 1. The first-order valence-corrected chi connectivity index (χ1v) is 15.0. The van der Waals surface area contributed by atoms with Crippen LogP contribution in [-0.2, 0) is 29.2 Å². The van der Waals surface area contributed by atoms with Crippen molar-refractivity contribution in [1.82, 2.24) is 19.4 Å². The highest BCUT2D eigenvalue weighted by atomic mass is 19.1. The first-order chi connectivity index (χ1) is 21.5. The molecule has 10 nitrogen and oxygen atoms in total. The van der Waals surface area contributed by atoms with E-state index in [1.165, 1.54) is 13.2 Å². The fraction of sp³-hybridized carbons (Fsp3) is 0.394. The fourth-order valence-electron chi connectivity index (χ4n) is 6.39. The third kappa shape index (κ3) is 5.36. The number of ether oxygens (including phenoxy) is 3. The van der Waals surface area contributed by atoms with Crippen LogP contribution < -0.4 is 9.64 Å². The smallest absolute Gasteiger partial charge is 0.337 e. The number of pyridine rings is 1. The molecule has 7 rings (SSSR count). The van der Waals surface area contributed by atoms with Gasteiger partial charge >= 0.3 is 5.97 Å². The molecular formula is C33H33FN6O4. The van der Waals surface area contributed by atoms with E-state index in [4.69, 9.17) is 29.4 Å². The Labute approximate surface area is 254 Å². The Bertz CT molecular complexity index is 1750. The van der Waals surface area contributed by atoms with Crippen molar-refractivity contribution >= 4 is 22.8 Å². The van der Waals surface area contributed by atoms with Crippen LogP contribution in [0, 0.1) is 17.1 Å². The second-order valence-electron chi connectivity index (χ2n) is 11.5. The highest BCUT2D eigenvalue weighted by Crippen LogP contribution is 2.37. The molecule has 44 heavy (non-hydrogen) atoms. The van der Waals surface area contributed by atoms with E-state index >= 15 is 0 Å².